The van der Waals surface area contributed by atoms with Gasteiger partial charge in [-0.25, -0.2) is 4.79 Å². The molecule has 19 heavy (non-hydrogen) atoms. The van der Waals surface area contributed by atoms with Crippen molar-refractivity contribution in [3.05, 3.63) is 0 Å². The molecule has 1 heterocycles. The number of amides is 3. The molecule has 0 spiro atoms. The number of nitrogens with zero attached hydrogens (tertiary/aromatic N) is 1. The van der Waals surface area contributed by atoms with E-state index in [0.717, 1.165) is 0 Å². The fourth-order valence-corrected chi connectivity index (χ4v) is 1.89. The second kappa shape index (κ2) is 5.90. The van der Waals surface area contributed by atoms with Crippen LogP contribution in [0.25, 0.3) is 0 Å². The predicted octanol–water partition coefficient (Wildman–Crippen LogP) is 0.0930. The molecule has 0 aromatic heterocycles. The number of carbonyl (C=O) groups is 3. The summed E-state index contributed by atoms with van der Waals surface area (Å²) in [6.45, 7) is 5.94. The number of nitrogens with one attached hydrogen (secondary N) is 1. The Balaban J connectivity index is 2.57. The first-order valence-electron chi connectivity index (χ1n) is 6.19. The topological polar surface area (TPSA) is 98.8 Å². The van der Waals surface area contributed by atoms with Crippen LogP contribution in [-0.4, -0.2) is 41.7 Å². The molecule has 0 bridgehead atoms. The highest BCUT2D eigenvalue weighted by molar-refractivity contribution is 5.91. The molecule has 0 saturated carbocycles. The molecule has 1 atom stereocenters. The molecule has 1 unspecified atom stereocenters. The molecule has 1 aliphatic rings. The second-order valence-electron chi connectivity index (χ2n) is 5.54. The maximum Gasteiger partial charge on any atom is 0.410 e. The van der Waals surface area contributed by atoms with Crippen LogP contribution in [0, 0.1) is 5.92 Å². The van der Waals surface area contributed by atoms with E-state index < -0.39 is 29.6 Å². The highest BCUT2D eigenvalue weighted by atomic mass is 16.6. The summed E-state index contributed by atoms with van der Waals surface area (Å²) in [7, 11) is 0. The molecule has 0 aromatic carbocycles. The number of rotatable bonds is 1. The number of hydrogen-bond donors (Lipinski definition) is 1. The van der Waals surface area contributed by atoms with Crippen LogP contribution in [0.4, 0.5) is 9.59 Å². The molecular formula is C12H19N2O5-. The van der Waals surface area contributed by atoms with Gasteiger partial charge >= 0.3 is 6.09 Å². The smallest absolute Gasteiger partial charge is 0.410 e. The Kier molecular flexibility index (Phi) is 4.74. The Labute approximate surface area is 111 Å². The van der Waals surface area contributed by atoms with Crippen LogP contribution >= 0.6 is 0 Å². The van der Waals surface area contributed by atoms with Crippen molar-refractivity contribution >= 4 is 18.1 Å². The molecule has 3 amide bonds. The number of carbonyl (C=O) groups excluding carboxylic acids is 3. The van der Waals surface area contributed by atoms with E-state index in [4.69, 9.17) is 4.74 Å². The van der Waals surface area contributed by atoms with Crippen LogP contribution < -0.4 is 10.4 Å². The van der Waals surface area contributed by atoms with E-state index in [1.165, 1.54) is 4.90 Å². The Bertz CT molecular complexity index is 375. The minimum Gasteiger partial charge on any atom is -0.530 e. The number of likely N-dealkylation sites (tertiary alicyclic amines) is 1. The normalized spacial score (nSPS) is 19.7. The van der Waals surface area contributed by atoms with E-state index in [1.807, 2.05) is 0 Å². The van der Waals surface area contributed by atoms with E-state index >= 15 is 0 Å². The number of piperidine rings is 1. The Morgan fingerprint density at radius 1 is 1.32 bits per heavy atom. The van der Waals surface area contributed by atoms with Gasteiger partial charge in [0.05, 0.1) is 5.92 Å². The van der Waals surface area contributed by atoms with E-state index in [0.29, 0.717) is 19.4 Å². The first-order valence-corrected chi connectivity index (χ1v) is 6.19. The molecule has 0 aliphatic carbocycles. The van der Waals surface area contributed by atoms with Gasteiger partial charge in [-0.05, 0) is 33.6 Å². The first kappa shape index (κ1) is 15.3. The average Bonchev–Trinajstić information content (AvgIpc) is 2.26. The lowest BCUT2D eigenvalue weighted by Crippen LogP contribution is -2.50. The van der Waals surface area contributed by atoms with Gasteiger partial charge < -0.3 is 24.9 Å². The summed E-state index contributed by atoms with van der Waals surface area (Å²) in [5.41, 5.74) is -0.600. The molecule has 1 fully saturated rings. The van der Waals surface area contributed by atoms with Crippen molar-refractivity contribution < 1.29 is 24.2 Å². The Morgan fingerprint density at radius 3 is 2.47 bits per heavy atom. The standard InChI is InChI=1S/C12H20N2O5/c1-12(2,3)19-11(18)14-6-4-5-8(7-14)9(15)13-10(16)17/h8H,4-7H2,1-3H3,(H,13,15)(H,16,17)/p-1. The summed E-state index contributed by atoms with van der Waals surface area (Å²) in [4.78, 5) is 35.1. The van der Waals surface area contributed by atoms with Gasteiger partial charge in [-0.3, -0.25) is 4.79 Å². The number of hydrogen-bond acceptors (Lipinski definition) is 5. The third-order valence-electron chi connectivity index (χ3n) is 2.67. The van der Waals surface area contributed by atoms with E-state index in [2.05, 4.69) is 0 Å². The van der Waals surface area contributed by atoms with Crippen molar-refractivity contribution in [3.8, 4) is 0 Å². The minimum absolute atomic E-state index is 0.161. The lowest BCUT2D eigenvalue weighted by Gasteiger charge is -2.33. The molecule has 7 nitrogen and oxygen atoms in total. The van der Waals surface area contributed by atoms with Crippen molar-refractivity contribution in [2.75, 3.05) is 13.1 Å². The van der Waals surface area contributed by atoms with Crippen LogP contribution in [-0.2, 0) is 9.53 Å². The zero-order valence-electron chi connectivity index (χ0n) is 11.4. The lowest BCUT2D eigenvalue weighted by atomic mass is 9.97. The maximum atomic E-state index is 11.8. The number of imide groups is 1. The van der Waals surface area contributed by atoms with Crippen LogP contribution in [0.15, 0.2) is 0 Å². The molecule has 108 valence electrons. The highest BCUT2D eigenvalue weighted by Gasteiger charge is 2.30. The van der Waals surface area contributed by atoms with E-state index in [-0.39, 0.29) is 6.54 Å². The Hall–Kier alpha value is -1.79. The maximum absolute atomic E-state index is 11.8. The highest BCUT2D eigenvalue weighted by Crippen LogP contribution is 2.19. The fourth-order valence-electron chi connectivity index (χ4n) is 1.89. The zero-order valence-corrected chi connectivity index (χ0v) is 11.4. The number of ether oxygens (including phenoxy) is 1. The molecular weight excluding hydrogens is 252 g/mol. The van der Waals surface area contributed by atoms with Gasteiger partial charge in [-0.2, -0.15) is 0 Å². The van der Waals surface area contributed by atoms with Gasteiger partial charge in [0.1, 0.15) is 11.7 Å². The third-order valence-corrected chi connectivity index (χ3v) is 2.67. The van der Waals surface area contributed by atoms with Gasteiger partial charge in [0, 0.05) is 13.1 Å². The van der Waals surface area contributed by atoms with Gasteiger partial charge in [-0.1, -0.05) is 0 Å². The summed E-state index contributed by atoms with van der Waals surface area (Å²) in [5, 5.41) is 12.0. The van der Waals surface area contributed by atoms with Crippen LogP contribution in [0.3, 0.4) is 0 Å². The largest absolute Gasteiger partial charge is 0.530 e. The molecule has 1 aliphatic heterocycles. The summed E-state index contributed by atoms with van der Waals surface area (Å²) in [6.07, 6.45) is -0.944. The summed E-state index contributed by atoms with van der Waals surface area (Å²) in [5.74, 6) is -1.17. The van der Waals surface area contributed by atoms with Gasteiger partial charge in [0.15, 0.2) is 0 Å². The summed E-state index contributed by atoms with van der Waals surface area (Å²) >= 11 is 0. The average molecular weight is 271 g/mol. The quantitative estimate of drug-likeness (QED) is 0.729. The molecule has 0 radical (unpaired) electrons. The molecule has 1 rings (SSSR count). The van der Waals surface area contributed by atoms with E-state index in [9.17, 15) is 19.5 Å². The second-order valence-corrected chi connectivity index (χ2v) is 5.54. The van der Waals surface area contributed by atoms with Crippen molar-refractivity contribution in [2.45, 2.75) is 39.2 Å². The van der Waals surface area contributed by atoms with Crippen molar-refractivity contribution in [1.82, 2.24) is 10.2 Å². The molecule has 7 heteroatoms. The molecule has 1 saturated heterocycles. The molecule has 0 aromatic rings. The van der Waals surface area contributed by atoms with Crippen LogP contribution in [0.5, 0.6) is 0 Å². The number of carboxylic acid groups (broad SMARTS) is 1. The van der Waals surface area contributed by atoms with Crippen molar-refractivity contribution in [2.24, 2.45) is 5.92 Å². The van der Waals surface area contributed by atoms with Gasteiger partial charge in [-0.15, -0.1) is 0 Å². The SMILES string of the molecule is CC(C)(C)OC(=O)N1CCCC(C(=O)NC(=O)[O-])C1. The lowest BCUT2D eigenvalue weighted by molar-refractivity contribution is -0.250. The first-order chi connectivity index (χ1) is 8.69. The van der Waals surface area contributed by atoms with Gasteiger partial charge in [0.25, 0.3) is 0 Å². The van der Waals surface area contributed by atoms with Gasteiger partial charge in [0.2, 0.25) is 5.91 Å². The van der Waals surface area contributed by atoms with Crippen LogP contribution in [0.1, 0.15) is 33.6 Å². The van der Waals surface area contributed by atoms with Crippen molar-refractivity contribution in [3.63, 3.8) is 0 Å². The zero-order chi connectivity index (χ0) is 14.6. The van der Waals surface area contributed by atoms with Crippen LogP contribution in [0.2, 0.25) is 0 Å². The fraction of sp³-hybridized carbons (Fsp3) is 0.750. The monoisotopic (exact) mass is 271 g/mol. The van der Waals surface area contributed by atoms with E-state index in [1.54, 1.807) is 26.1 Å². The third kappa shape index (κ3) is 5.15. The summed E-state index contributed by atoms with van der Waals surface area (Å²) < 4.78 is 5.21. The van der Waals surface area contributed by atoms with Crippen molar-refractivity contribution in [1.29, 1.82) is 0 Å². The molecule has 1 N–H and O–H groups in total. The predicted molar refractivity (Wildman–Crippen MR) is 64.1 cm³/mol. The summed E-state index contributed by atoms with van der Waals surface area (Å²) in [6, 6.07) is 0. The minimum atomic E-state index is -1.63. The Morgan fingerprint density at radius 2 is 1.95 bits per heavy atom.